The van der Waals surface area contributed by atoms with E-state index < -0.39 is 0 Å². The van der Waals surface area contributed by atoms with Gasteiger partial charge >= 0.3 is 0 Å². The summed E-state index contributed by atoms with van der Waals surface area (Å²) in [5.74, 6) is 0.627. The number of aromatic nitrogens is 1. The molecule has 0 aliphatic heterocycles. The number of nitrogens with one attached hydrogen (secondary N) is 1. The molecule has 0 fully saturated rings. The molecule has 3 heteroatoms. The molecular formula is C17H22N2O. The fraction of sp³-hybridized carbons (Fsp3) is 0.353. The number of pyridine rings is 1. The van der Waals surface area contributed by atoms with Gasteiger partial charge in [0.2, 0.25) is 5.88 Å². The minimum Gasteiger partial charge on any atom is -0.480 e. The van der Waals surface area contributed by atoms with E-state index in [1.54, 1.807) is 13.3 Å². The van der Waals surface area contributed by atoms with Crippen LogP contribution in [0.1, 0.15) is 37.4 Å². The van der Waals surface area contributed by atoms with E-state index in [-0.39, 0.29) is 6.04 Å². The Kier molecular flexibility index (Phi) is 4.99. The van der Waals surface area contributed by atoms with E-state index in [1.165, 1.54) is 17.5 Å². The normalized spacial score (nSPS) is 11.9. The molecule has 1 heterocycles. The van der Waals surface area contributed by atoms with Crippen LogP contribution in [-0.4, -0.2) is 12.1 Å². The molecule has 20 heavy (non-hydrogen) atoms. The average molecular weight is 270 g/mol. The fourth-order valence-corrected chi connectivity index (χ4v) is 2.24. The van der Waals surface area contributed by atoms with E-state index in [0.29, 0.717) is 5.88 Å². The molecule has 0 radical (unpaired) electrons. The Hall–Kier alpha value is -2.03. The molecule has 0 amide bonds. The van der Waals surface area contributed by atoms with Gasteiger partial charge in [-0.15, -0.1) is 0 Å². The van der Waals surface area contributed by atoms with Gasteiger partial charge in [-0.3, -0.25) is 0 Å². The third-order valence-electron chi connectivity index (χ3n) is 3.35. The van der Waals surface area contributed by atoms with Crippen molar-refractivity contribution >= 4 is 5.69 Å². The predicted molar refractivity (Wildman–Crippen MR) is 83.3 cm³/mol. The third kappa shape index (κ3) is 3.50. The van der Waals surface area contributed by atoms with Gasteiger partial charge in [-0.05, 0) is 36.6 Å². The molecule has 0 aliphatic rings. The lowest BCUT2D eigenvalue weighted by Crippen LogP contribution is -2.08. The van der Waals surface area contributed by atoms with Crippen molar-refractivity contribution in [1.82, 2.24) is 4.98 Å². The number of methoxy groups -OCH3 is 1. The van der Waals surface area contributed by atoms with E-state index in [4.69, 9.17) is 4.74 Å². The Morgan fingerprint density at radius 1 is 1.20 bits per heavy atom. The van der Waals surface area contributed by atoms with Crippen molar-refractivity contribution in [2.75, 3.05) is 12.4 Å². The number of rotatable bonds is 6. The van der Waals surface area contributed by atoms with Gasteiger partial charge in [0.1, 0.15) is 0 Å². The van der Waals surface area contributed by atoms with Gasteiger partial charge in [-0.2, -0.15) is 0 Å². The molecule has 0 saturated carbocycles. The SMILES string of the molecule is CCCc1ccc(C(C)Nc2cccnc2OC)cc1. The first-order valence-corrected chi connectivity index (χ1v) is 7.09. The Morgan fingerprint density at radius 2 is 1.95 bits per heavy atom. The van der Waals surface area contributed by atoms with Crippen molar-refractivity contribution < 1.29 is 4.74 Å². The van der Waals surface area contributed by atoms with Gasteiger partial charge in [0.25, 0.3) is 0 Å². The topological polar surface area (TPSA) is 34.2 Å². The van der Waals surface area contributed by atoms with Crippen LogP contribution in [0.2, 0.25) is 0 Å². The fourth-order valence-electron chi connectivity index (χ4n) is 2.24. The largest absolute Gasteiger partial charge is 0.480 e. The molecule has 0 bridgehead atoms. The molecule has 0 aliphatic carbocycles. The van der Waals surface area contributed by atoms with E-state index in [2.05, 4.69) is 48.4 Å². The van der Waals surface area contributed by atoms with Crippen LogP contribution in [0.5, 0.6) is 5.88 Å². The highest BCUT2D eigenvalue weighted by Gasteiger charge is 2.09. The zero-order valence-electron chi connectivity index (χ0n) is 12.4. The van der Waals surface area contributed by atoms with Crippen molar-refractivity contribution in [3.05, 3.63) is 53.7 Å². The molecule has 1 unspecified atom stereocenters. The maximum Gasteiger partial charge on any atom is 0.237 e. The second-order valence-electron chi connectivity index (χ2n) is 4.92. The quantitative estimate of drug-likeness (QED) is 0.853. The number of aryl methyl sites for hydroxylation is 1. The van der Waals surface area contributed by atoms with Gasteiger partial charge in [0.15, 0.2) is 0 Å². The lowest BCUT2D eigenvalue weighted by Gasteiger charge is -2.17. The lowest BCUT2D eigenvalue weighted by molar-refractivity contribution is 0.399. The van der Waals surface area contributed by atoms with Gasteiger partial charge in [-0.1, -0.05) is 37.6 Å². The number of hydrogen-bond donors (Lipinski definition) is 1. The summed E-state index contributed by atoms with van der Waals surface area (Å²) >= 11 is 0. The van der Waals surface area contributed by atoms with Crippen LogP contribution in [0.15, 0.2) is 42.6 Å². The van der Waals surface area contributed by atoms with E-state index >= 15 is 0 Å². The highest BCUT2D eigenvalue weighted by Crippen LogP contribution is 2.25. The van der Waals surface area contributed by atoms with Gasteiger partial charge in [-0.25, -0.2) is 4.98 Å². The standard InChI is InChI=1S/C17H22N2O/c1-4-6-14-8-10-15(11-9-14)13(2)19-16-7-5-12-18-17(16)20-3/h5,7-13,19H,4,6H2,1-3H3. The number of ether oxygens (including phenoxy) is 1. The van der Waals surface area contributed by atoms with Crippen LogP contribution in [0, 0.1) is 0 Å². The summed E-state index contributed by atoms with van der Waals surface area (Å²) in [7, 11) is 1.64. The van der Waals surface area contributed by atoms with Gasteiger partial charge in [0, 0.05) is 12.2 Å². The van der Waals surface area contributed by atoms with E-state index in [9.17, 15) is 0 Å². The molecule has 106 valence electrons. The van der Waals surface area contributed by atoms with Gasteiger partial charge < -0.3 is 10.1 Å². The first-order chi connectivity index (χ1) is 9.74. The van der Waals surface area contributed by atoms with Crippen LogP contribution in [0.25, 0.3) is 0 Å². The molecule has 2 rings (SSSR count). The highest BCUT2D eigenvalue weighted by molar-refractivity contribution is 5.53. The molecule has 1 atom stereocenters. The second-order valence-corrected chi connectivity index (χ2v) is 4.92. The maximum absolute atomic E-state index is 5.26. The van der Waals surface area contributed by atoms with Crippen LogP contribution in [0.3, 0.4) is 0 Å². The molecule has 1 N–H and O–H groups in total. The first kappa shape index (κ1) is 14.4. The van der Waals surface area contributed by atoms with Crippen molar-refractivity contribution in [2.45, 2.75) is 32.7 Å². The Morgan fingerprint density at radius 3 is 2.60 bits per heavy atom. The van der Waals surface area contributed by atoms with Crippen LogP contribution < -0.4 is 10.1 Å². The molecule has 1 aromatic carbocycles. The monoisotopic (exact) mass is 270 g/mol. The summed E-state index contributed by atoms with van der Waals surface area (Å²) in [6, 6.07) is 12.9. The third-order valence-corrected chi connectivity index (χ3v) is 3.35. The number of anilines is 1. The highest BCUT2D eigenvalue weighted by atomic mass is 16.5. The summed E-state index contributed by atoms with van der Waals surface area (Å²) in [5.41, 5.74) is 3.57. The minimum absolute atomic E-state index is 0.212. The van der Waals surface area contributed by atoms with E-state index in [0.717, 1.165) is 12.1 Å². The maximum atomic E-state index is 5.26. The van der Waals surface area contributed by atoms with Gasteiger partial charge in [0.05, 0.1) is 12.8 Å². The predicted octanol–water partition coefficient (Wildman–Crippen LogP) is 4.22. The molecule has 1 aromatic heterocycles. The number of hydrogen-bond acceptors (Lipinski definition) is 3. The zero-order chi connectivity index (χ0) is 14.4. The second kappa shape index (κ2) is 6.94. The minimum atomic E-state index is 0.212. The van der Waals surface area contributed by atoms with Crippen LogP contribution >= 0.6 is 0 Å². The Labute approximate surface area is 121 Å². The zero-order valence-corrected chi connectivity index (χ0v) is 12.4. The summed E-state index contributed by atoms with van der Waals surface area (Å²) in [6.45, 7) is 4.34. The number of benzene rings is 1. The molecular weight excluding hydrogens is 248 g/mol. The molecule has 0 spiro atoms. The lowest BCUT2D eigenvalue weighted by atomic mass is 10.0. The van der Waals surface area contributed by atoms with Crippen LogP contribution in [0.4, 0.5) is 5.69 Å². The molecule has 3 nitrogen and oxygen atoms in total. The summed E-state index contributed by atoms with van der Waals surface area (Å²) < 4.78 is 5.26. The van der Waals surface area contributed by atoms with Crippen molar-refractivity contribution in [2.24, 2.45) is 0 Å². The molecule has 0 saturated heterocycles. The summed E-state index contributed by atoms with van der Waals surface area (Å²) in [4.78, 5) is 4.20. The van der Waals surface area contributed by atoms with Crippen LogP contribution in [-0.2, 0) is 6.42 Å². The number of nitrogens with zero attached hydrogens (tertiary/aromatic N) is 1. The average Bonchev–Trinajstić information content (AvgIpc) is 2.49. The molecule has 2 aromatic rings. The Balaban J connectivity index is 2.09. The summed E-state index contributed by atoms with van der Waals surface area (Å²) in [5, 5.41) is 3.44. The van der Waals surface area contributed by atoms with Crippen molar-refractivity contribution in [3.63, 3.8) is 0 Å². The van der Waals surface area contributed by atoms with Crippen molar-refractivity contribution in [1.29, 1.82) is 0 Å². The smallest absolute Gasteiger partial charge is 0.237 e. The summed E-state index contributed by atoms with van der Waals surface area (Å²) in [6.07, 6.45) is 4.05. The van der Waals surface area contributed by atoms with E-state index in [1.807, 2.05) is 12.1 Å². The Bertz CT molecular complexity index is 537. The van der Waals surface area contributed by atoms with Crippen molar-refractivity contribution in [3.8, 4) is 5.88 Å². The first-order valence-electron chi connectivity index (χ1n) is 7.09.